The number of aromatic nitrogens is 5. The lowest BCUT2D eigenvalue weighted by atomic mass is 10.3. The molecule has 0 radical (unpaired) electrons. The number of para-hydroxylation sites is 1. The second-order valence-electron chi connectivity index (χ2n) is 7.03. The number of aryl methyl sites for hydroxylation is 1. The smallest absolute Gasteiger partial charge is 0.258 e. The topological polar surface area (TPSA) is 65.1 Å². The van der Waals surface area contributed by atoms with Gasteiger partial charge < -0.3 is 0 Å². The molecule has 1 aliphatic carbocycles. The van der Waals surface area contributed by atoms with Gasteiger partial charge in [0, 0.05) is 23.9 Å². The van der Waals surface area contributed by atoms with Gasteiger partial charge in [-0.1, -0.05) is 36.0 Å². The Kier molecular flexibility index (Phi) is 4.24. The lowest BCUT2D eigenvalue weighted by molar-refractivity contribution is 0.782. The van der Waals surface area contributed by atoms with Gasteiger partial charge in [0.25, 0.3) is 5.56 Å². The van der Waals surface area contributed by atoms with Crippen molar-refractivity contribution in [3.05, 3.63) is 82.2 Å². The molecule has 7 heteroatoms. The van der Waals surface area contributed by atoms with E-state index in [9.17, 15) is 4.79 Å². The maximum atomic E-state index is 12.4. The summed E-state index contributed by atoms with van der Waals surface area (Å²) in [6.45, 7) is 1.96. The second-order valence-corrected chi connectivity index (χ2v) is 7.98. The monoisotopic (exact) mass is 389 g/mol. The van der Waals surface area contributed by atoms with E-state index >= 15 is 0 Å². The molecule has 0 unspecified atom stereocenters. The Bertz CT molecular complexity index is 1210. The van der Waals surface area contributed by atoms with Crippen LogP contribution in [0, 0.1) is 6.92 Å². The summed E-state index contributed by atoms with van der Waals surface area (Å²) >= 11 is 1.52. The SMILES string of the molecule is Cc1cccn2c(=O)cc(CSc3nc(C4CC4)n(-c4ccccc4)n3)nc12. The number of benzene rings is 1. The Morgan fingerprint density at radius 1 is 1.11 bits per heavy atom. The van der Waals surface area contributed by atoms with E-state index < -0.39 is 0 Å². The molecule has 1 aromatic carbocycles. The number of rotatable bonds is 5. The third-order valence-corrected chi connectivity index (χ3v) is 5.72. The van der Waals surface area contributed by atoms with Gasteiger partial charge in [0.1, 0.15) is 11.5 Å². The van der Waals surface area contributed by atoms with Crippen LogP contribution in [-0.2, 0) is 5.75 Å². The van der Waals surface area contributed by atoms with Gasteiger partial charge in [-0.2, -0.15) is 0 Å². The van der Waals surface area contributed by atoms with Gasteiger partial charge in [0.05, 0.1) is 11.4 Å². The van der Waals surface area contributed by atoms with Crippen molar-refractivity contribution >= 4 is 17.4 Å². The summed E-state index contributed by atoms with van der Waals surface area (Å²) in [7, 11) is 0. The fraction of sp³-hybridized carbons (Fsp3) is 0.238. The first-order valence-electron chi connectivity index (χ1n) is 9.32. The molecule has 1 fully saturated rings. The summed E-state index contributed by atoms with van der Waals surface area (Å²) in [5, 5.41) is 5.44. The van der Waals surface area contributed by atoms with E-state index in [2.05, 4.69) is 4.98 Å². The molecule has 0 aliphatic heterocycles. The largest absolute Gasteiger partial charge is 0.269 e. The number of hydrogen-bond donors (Lipinski definition) is 0. The number of fused-ring (bicyclic) bond motifs is 1. The van der Waals surface area contributed by atoms with E-state index in [4.69, 9.17) is 10.1 Å². The first-order chi connectivity index (χ1) is 13.7. The highest BCUT2D eigenvalue weighted by Gasteiger charge is 2.30. The Morgan fingerprint density at radius 3 is 2.71 bits per heavy atom. The van der Waals surface area contributed by atoms with Crippen LogP contribution < -0.4 is 5.56 Å². The minimum atomic E-state index is -0.0641. The minimum Gasteiger partial charge on any atom is -0.269 e. The lowest BCUT2D eigenvalue weighted by Gasteiger charge is -2.05. The maximum Gasteiger partial charge on any atom is 0.258 e. The molecule has 0 amide bonds. The summed E-state index contributed by atoms with van der Waals surface area (Å²) in [5.74, 6) is 2.08. The fourth-order valence-corrected chi connectivity index (χ4v) is 3.97. The van der Waals surface area contributed by atoms with E-state index in [1.807, 2.05) is 54.1 Å². The van der Waals surface area contributed by atoms with E-state index in [-0.39, 0.29) is 5.56 Å². The fourth-order valence-electron chi connectivity index (χ4n) is 3.25. The lowest BCUT2D eigenvalue weighted by Crippen LogP contribution is -2.15. The highest BCUT2D eigenvalue weighted by Crippen LogP contribution is 2.40. The van der Waals surface area contributed by atoms with Crippen LogP contribution in [0.25, 0.3) is 11.3 Å². The molecule has 6 nitrogen and oxygen atoms in total. The summed E-state index contributed by atoms with van der Waals surface area (Å²) < 4.78 is 3.53. The minimum absolute atomic E-state index is 0.0641. The Hall–Kier alpha value is -2.93. The van der Waals surface area contributed by atoms with Gasteiger partial charge >= 0.3 is 0 Å². The Labute approximate surface area is 166 Å². The number of nitrogens with zero attached hydrogens (tertiary/aromatic N) is 5. The van der Waals surface area contributed by atoms with Crippen LogP contribution >= 0.6 is 11.8 Å². The predicted octanol–water partition coefficient (Wildman–Crippen LogP) is 3.75. The molecule has 0 N–H and O–H groups in total. The zero-order valence-electron chi connectivity index (χ0n) is 15.4. The van der Waals surface area contributed by atoms with Crippen molar-refractivity contribution in [2.45, 2.75) is 36.6 Å². The van der Waals surface area contributed by atoms with Crippen LogP contribution in [0.2, 0.25) is 0 Å². The molecule has 3 heterocycles. The highest BCUT2D eigenvalue weighted by atomic mass is 32.2. The van der Waals surface area contributed by atoms with Gasteiger partial charge in [-0.15, -0.1) is 5.10 Å². The van der Waals surface area contributed by atoms with Crippen LogP contribution in [0.5, 0.6) is 0 Å². The third kappa shape index (κ3) is 3.22. The van der Waals surface area contributed by atoms with E-state index in [1.54, 1.807) is 16.7 Å². The van der Waals surface area contributed by atoms with Crippen molar-refractivity contribution in [3.8, 4) is 5.69 Å². The molecule has 1 aliphatic rings. The maximum absolute atomic E-state index is 12.4. The number of pyridine rings is 1. The normalized spacial score (nSPS) is 13.9. The Balaban J connectivity index is 1.44. The summed E-state index contributed by atoms with van der Waals surface area (Å²) in [6, 6.07) is 15.5. The summed E-state index contributed by atoms with van der Waals surface area (Å²) in [6.07, 6.45) is 4.08. The molecule has 4 aromatic rings. The van der Waals surface area contributed by atoms with Crippen molar-refractivity contribution in [2.24, 2.45) is 0 Å². The zero-order chi connectivity index (χ0) is 19.1. The molecular weight excluding hydrogens is 370 g/mol. The van der Waals surface area contributed by atoms with E-state index in [1.165, 1.54) is 11.8 Å². The number of thioether (sulfide) groups is 1. The molecule has 0 spiro atoms. The molecular formula is C21H19N5OS. The summed E-state index contributed by atoms with van der Waals surface area (Å²) in [5.41, 5.74) is 3.39. The standard InChI is InChI=1S/C21H19N5OS/c1-14-6-5-11-25-18(27)12-16(22-19(14)25)13-28-21-23-20(15-9-10-15)26(24-21)17-7-3-2-4-8-17/h2-8,11-12,15H,9-10,13H2,1H3. The second kappa shape index (κ2) is 6.91. The van der Waals surface area contributed by atoms with Gasteiger partial charge in [-0.25, -0.2) is 14.6 Å². The van der Waals surface area contributed by atoms with Crippen molar-refractivity contribution in [1.82, 2.24) is 24.1 Å². The van der Waals surface area contributed by atoms with Gasteiger partial charge in [-0.3, -0.25) is 9.20 Å². The molecule has 1 saturated carbocycles. The molecule has 140 valence electrons. The zero-order valence-corrected chi connectivity index (χ0v) is 16.3. The Morgan fingerprint density at radius 2 is 1.93 bits per heavy atom. The quantitative estimate of drug-likeness (QED) is 0.486. The molecule has 0 atom stereocenters. The molecule has 0 saturated heterocycles. The van der Waals surface area contributed by atoms with E-state index in [0.29, 0.717) is 17.3 Å². The van der Waals surface area contributed by atoms with Crippen molar-refractivity contribution in [3.63, 3.8) is 0 Å². The van der Waals surface area contributed by atoms with Crippen molar-refractivity contribution < 1.29 is 0 Å². The van der Waals surface area contributed by atoms with E-state index in [0.717, 1.165) is 40.8 Å². The predicted molar refractivity (Wildman–Crippen MR) is 109 cm³/mol. The van der Waals surface area contributed by atoms with Crippen LogP contribution in [0.4, 0.5) is 0 Å². The molecule has 3 aromatic heterocycles. The molecule has 5 rings (SSSR count). The van der Waals surface area contributed by atoms with Gasteiger partial charge in [0.2, 0.25) is 5.16 Å². The average Bonchev–Trinajstić information content (AvgIpc) is 3.47. The summed E-state index contributed by atoms with van der Waals surface area (Å²) in [4.78, 5) is 21.8. The van der Waals surface area contributed by atoms with Gasteiger partial charge in [0.15, 0.2) is 0 Å². The average molecular weight is 389 g/mol. The first kappa shape index (κ1) is 17.2. The van der Waals surface area contributed by atoms with Crippen molar-refractivity contribution in [1.29, 1.82) is 0 Å². The molecule has 0 bridgehead atoms. The van der Waals surface area contributed by atoms with Crippen LogP contribution in [0.15, 0.2) is 64.7 Å². The van der Waals surface area contributed by atoms with Gasteiger partial charge in [-0.05, 0) is 43.5 Å². The molecule has 28 heavy (non-hydrogen) atoms. The first-order valence-corrected chi connectivity index (χ1v) is 10.3. The van der Waals surface area contributed by atoms with Crippen LogP contribution in [0.3, 0.4) is 0 Å². The number of hydrogen-bond acceptors (Lipinski definition) is 5. The van der Waals surface area contributed by atoms with Crippen molar-refractivity contribution in [2.75, 3.05) is 0 Å². The highest BCUT2D eigenvalue weighted by molar-refractivity contribution is 7.98. The van der Waals surface area contributed by atoms with Crippen LogP contribution in [0.1, 0.15) is 35.8 Å². The van der Waals surface area contributed by atoms with Crippen LogP contribution in [-0.4, -0.2) is 24.1 Å². The third-order valence-electron chi connectivity index (χ3n) is 4.84.